The zero-order chi connectivity index (χ0) is 13.1. The summed E-state index contributed by atoms with van der Waals surface area (Å²) in [6.45, 7) is 14.4. The monoisotopic (exact) mass is 242 g/mol. The van der Waals surface area contributed by atoms with E-state index in [1.54, 1.807) is 0 Å². The molecular formula is C14H30N2O. The second-order valence-corrected chi connectivity index (χ2v) is 5.10. The van der Waals surface area contributed by atoms with Crippen molar-refractivity contribution >= 4 is 0 Å². The summed E-state index contributed by atoms with van der Waals surface area (Å²) in [5.74, 6) is 0.721. The lowest BCUT2D eigenvalue weighted by atomic mass is 10.1. The minimum Gasteiger partial charge on any atom is -0.395 e. The van der Waals surface area contributed by atoms with Gasteiger partial charge in [0.2, 0.25) is 0 Å². The van der Waals surface area contributed by atoms with Crippen LogP contribution < -0.4 is 5.32 Å². The quantitative estimate of drug-likeness (QED) is 0.429. The fourth-order valence-corrected chi connectivity index (χ4v) is 1.88. The highest BCUT2D eigenvalue weighted by molar-refractivity contribution is 4.77. The van der Waals surface area contributed by atoms with Gasteiger partial charge in [-0.15, -0.1) is 6.58 Å². The van der Waals surface area contributed by atoms with E-state index in [0.717, 1.165) is 32.1 Å². The first kappa shape index (κ1) is 16.6. The summed E-state index contributed by atoms with van der Waals surface area (Å²) in [5.41, 5.74) is 0. The van der Waals surface area contributed by atoms with E-state index >= 15 is 0 Å². The maximum atomic E-state index is 8.99. The molecule has 1 unspecified atom stereocenters. The van der Waals surface area contributed by atoms with Gasteiger partial charge in [0, 0.05) is 19.1 Å². The van der Waals surface area contributed by atoms with Crippen LogP contribution in [0.1, 0.15) is 33.6 Å². The van der Waals surface area contributed by atoms with Crippen molar-refractivity contribution in [1.29, 1.82) is 0 Å². The minimum absolute atomic E-state index is 0.226. The van der Waals surface area contributed by atoms with Crippen molar-refractivity contribution in [1.82, 2.24) is 10.2 Å². The highest BCUT2D eigenvalue weighted by Gasteiger charge is 2.10. The van der Waals surface area contributed by atoms with Gasteiger partial charge in [-0.1, -0.05) is 19.9 Å². The molecule has 0 aliphatic carbocycles. The van der Waals surface area contributed by atoms with Gasteiger partial charge in [0.1, 0.15) is 0 Å². The lowest BCUT2D eigenvalue weighted by Gasteiger charge is -2.27. The Morgan fingerprint density at radius 2 is 2.06 bits per heavy atom. The molecule has 0 amide bonds. The topological polar surface area (TPSA) is 35.5 Å². The number of nitrogens with zero attached hydrogens (tertiary/aromatic N) is 1. The van der Waals surface area contributed by atoms with E-state index in [4.69, 9.17) is 5.11 Å². The summed E-state index contributed by atoms with van der Waals surface area (Å²) < 4.78 is 0. The van der Waals surface area contributed by atoms with E-state index < -0.39 is 0 Å². The molecule has 0 aromatic rings. The molecule has 3 nitrogen and oxygen atoms in total. The third-order valence-corrected chi connectivity index (χ3v) is 2.90. The molecule has 0 aromatic carbocycles. The van der Waals surface area contributed by atoms with E-state index in [1.165, 1.54) is 12.8 Å². The standard InChI is InChI=1S/C14H30N2O/c1-5-9-16(10-11-17)14(4)7-6-8-15-12-13(2)3/h5,13-15,17H,1,6-12H2,2-4H3. The van der Waals surface area contributed by atoms with Gasteiger partial charge in [-0.25, -0.2) is 0 Å². The molecule has 0 aliphatic heterocycles. The predicted octanol–water partition coefficient (Wildman–Crippen LogP) is 1.88. The lowest BCUT2D eigenvalue weighted by molar-refractivity contribution is 0.165. The van der Waals surface area contributed by atoms with Gasteiger partial charge in [-0.2, -0.15) is 0 Å². The van der Waals surface area contributed by atoms with Crippen LogP contribution in [0.2, 0.25) is 0 Å². The van der Waals surface area contributed by atoms with Crippen molar-refractivity contribution in [3.8, 4) is 0 Å². The Morgan fingerprint density at radius 1 is 1.35 bits per heavy atom. The maximum Gasteiger partial charge on any atom is 0.0558 e. The molecule has 0 radical (unpaired) electrons. The molecule has 0 rings (SSSR count). The van der Waals surface area contributed by atoms with E-state index in [0.29, 0.717) is 6.04 Å². The lowest BCUT2D eigenvalue weighted by Crippen LogP contribution is -2.36. The number of nitrogens with one attached hydrogen (secondary N) is 1. The van der Waals surface area contributed by atoms with Gasteiger partial charge in [0.15, 0.2) is 0 Å². The number of hydrogen-bond acceptors (Lipinski definition) is 3. The predicted molar refractivity (Wildman–Crippen MR) is 75.3 cm³/mol. The van der Waals surface area contributed by atoms with Gasteiger partial charge >= 0.3 is 0 Å². The normalized spacial score (nSPS) is 13.3. The van der Waals surface area contributed by atoms with Crippen LogP contribution in [0.3, 0.4) is 0 Å². The van der Waals surface area contributed by atoms with Crippen LogP contribution in [0.4, 0.5) is 0 Å². The molecule has 102 valence electrons. The Kier molecular flexibility index (Phi) is 10.5. The zero-order valence-electron chi connectivity index (χ0n) is 11.8. The van der Waals surface area contributed by atoms with Crippen molar-refractivity contribution in [2.45, 2.75) is 39.7 Å². The van der Waals surface area contributed by atoms with Crippen LogP contribution >= 0.6 is 0 Å². The highest BCUT2D eigenvalue weighted by Crippen LogP contribution is 2.06. The third kappa shape index (κ3) is 9.33. The fourth-order valence-electron chi connectivity index (χ4n) is 1.88. The van der Waals surface area contributed by atoms with Gasteiger partial charge in [0.25, 0.3) is 0 Å². The van der Waals surface area contributed by atoms with Crippen molar-refractivity contribution in [2.24, 2.45) is 5.92 Å². The van der Waals surface area contributed by atoms with Gasteiger partial charge in [-0.05, 0) is 38.8 Å². The third-order valence-electron chi connectivity index (χ3n) is 2.90. The van der Waals surface area contributed by atoms with E-state index in [2.05, 4.69) is 37.6 Å². The maximum absolute atomic E-state index is 8.99. The number of hydrogen-bond donors (Lipinski definition) is 2. The molecule has 17 heavy (non-hydrogen) atoms. The molecule has 3 heteroatoms. The zero-order valence-corrected chi connectivity index (χ0v) is 11.8. The molecule has 0 saturated carbocycles. The van der Waals surface area contributed by atoms with Crippen LogP contribution in [-0.2, 0) is 0 Å². The summed E-state index contributed by atoms with van der Waals surface area (Å²) in [7, 11) is 0. The molecule has 1 atom stereocenters. The van der Waals surface area contributed by atoms with Crippen LogP contribution in [0.5, 0.6) is 0 Å². The molecule has 0 aliphatic rings. The number of rotatable bonds is 11. The fraction of sp³-hybridized carbons (Fsp3) is 0.857. The number of aliphatic hydroxyl groups excluding tert-OH is 1. The Bertz CT molecular complexity index is 183. The van der Waals surface area contributed by atoms with Gasteiger partial charge < -0.3 is 10.4 Å². The van der Waals surface area contributed by atoms with Crippen molar-refractivity contribution in [3.63, 3.8) is 0 Å². The van der Waals surface area contributed by atoms with Crippen LogP contribution in [0.25, 0.3) is 0 Å². The minimum atomic E-state index is 0.226. The average Bonchev–Trinajstić information content (AvgIpc) is 2.27. The van der Waals surface area contributed by atoms with Crippen LogP contribution in [0.15, 0.2) is 12.7 Å². The highest BCUT2D eigenvalue weighted by atomic mass is 16.3. The molecule has 0 saturated heterocycles. The summed E-state index contributed by atoms with van der Waals surface area (Å²) in [6, 6.07) is 0.515. The van der Waals surface area contributed by atoms with Crippen molar-refractivity contribution in [2.75, 3.05) is 32.8 Å². The van der Waals surface area contributed by atoms with Crippen molar-refractivity contribution < 1.29 is 5.11 Å². The van der Waals surface area contributed by atoms with Gasteiger partial charge in [0.05, 0.1) is 6.61 Å². The summed E-state index contributed by atoms with van der Waals surface area (Å²) in [6.07, 6.45) is 4.26. The first-order valence-corrected chi connectivity index (χ1v) is 6.78. The average molecular weight is 242 g/mol. The summed E-state index contributed by atoms with van der Waals surface area (Å²) in [5, 5.41) is 12.4. The number of aliphatic hydroxyl groups is 1. The molecular weight excluding hydrogens is 212 g/mol. The SMILES string of the molecule is C=CCN(CCO)C(C)CCCNCC(C)C. The van der Waals surface area contributed by atoms with Crippen LogP contribution in [-0.4, -0.2) is 48.8 Å². The van der Waals surface area contributed by atoms with Crippen molar-refractivity contribution in [3.05, 3.63) is 12.7 Å². The second kappa shape index (κ2) is 10.8. The van der Waals surface area contributed by atoms with E-state index in [9.17, 15) is 0 Å². The largest absolute Gasteiger partial charge is 0.395 e. The Labute approximate surface area is 107 Å². The molecule has 0 heterocycles. The van der Waals surface area contributed by atoms with E-state index in [1.807, 2.05) is 6.08 Å². The second-order valence-electron chi connectivity index (χ2n) is 5.10. The van der Waals surface area contributed by atoms with E-state index in [-0.39, 0.29) is 6.61 Å². The smallest absolute Gasteiger partial charge is 0.0558 e. The Hall–Kier alpha value is -0.380. The molecule has 0 aromatic heterocycles. The van der Waals surface area contributed by atoms with Gasteiger partial charge in [-0.3, -0.25) is 4.90 Å². The molecule has 0 spiro atoms. The molecule has 2 N–H and O–H groups in total. The summed E-state index contributed by atoms with van der Waals surface area (Å²) >= 11 is 0. The molecule has 0 bridgehead atoms. The first-order valence-electron chi connectivity index (χ1n) is 6.78. The first-order chi connectivity index (χ1) is 8.11. The molecule has 0 fully saturated rings. The van der Waals surface area contributed by atoms with Crippen LogP contribution in [0, 0.1) is 5.92 Å². The Balaban J connectivity index is 3.66. The summed E-state index contributed by atoms with van der Waals surface area (Å²) in [4.78, 5) is 2.27. The Morgan fingerprint density at radius 3 is 2.59 bits per heavy atom.